The van der Waals surface area contributed by atoms with Crippen LogP contribution in [0.3, 0.4) is 0 Å². The summed E-state index contributed by atoms with van der Waals surface area (Å²) in [6, 6.07) is 0. The number of unbranched alkanes of at least 4 members (excludes halogenated alkanes) is 16. The molecular formula is C34H68O2. The monoisotopic (exact) mass is 509 g/mol. The highest BCUT2D eigenvalue weighted by atomic mass is 16.7. The van der Waals surface area contributed by atoms with Crippen molar-refractivity contribution in [2.24, 2.45) is 11.8 Å². The van der Waals surface area contributed by atoms with E-state index in [9.17, 15) is 0 Å². The number of ether oxygens (including phenoxy) is 2. The standard InChI is InChI=1S/C34H68O2/c1-7-11-13-15-17-19-20-22-24-26-28-33(27-25-23-21-18-16-14-12-8-2)34(35-29-31(5)9-3)36-30-32(6)10-4/h28,31-32,34H,7-27,29-30H2,1-6H3/b33-28+. The van der Waals surface area contributed by atoms with Crippen LogP contribution < -0.4 is 0 Å². The van der Waals surface area contributed by atoms with E-state index in [0.717, 1.165) is 32.5 Å². The summed E-state index contributed by atoms with van der Waals surface area (Å²) in [7, 11) is 0. The second-order valence-electron chi connectivity index (χ2n) is 11.6. The molecule has 0 rings (SSSR count). The topological polar surface area (TPSA) is 18.5 Å². The molecule has 0 radical (unpaired) electrons. The molecule has 0 aromatic carbocycles. The van der Waals surface area contributed by atoms with E-state index in [1.165, 1.54) is 121 Å². The molecule has 0 N–H and O–H groups in total. The van der Waals surface area contributed by atoms with Crippen LogP contribution in [0.2, 0.25) is 0 Å². The summed E-state index contributed by atoms with van der Waals surface area (Å²) in [5.41, 5.74) is 1.42. The van der Waals surface area contributed by atoms with Crippen molar-refractivity contribution in [1.29, 1.82) is 0 Å². The molecule has 0 saturated carbocycles. The van der Waals surface area contributed by atoms with Gasteiger partial charge in [-0.05, 0) is 43.1 Å². The van der Waals surface area contributed by atoms with Gasteiger partial charge < -0.3 is 9.47 Å². The van der Waals surface area contributed by atoms with E-state index < -0.39 is 0 Å². The number of hydrogen-bond donors (Lipinski definition) is 0. The van der Waals surface area contributed by atoms with Gasteiger partial charge in [0, 0.05) is 0 Å². The largest absolute Gasteiger partial charge is 0.348 e. The average Bonchev–Trinajstić information content (AvgIpc) is 2.89. The molecule has 36 heavy (non-hydrogen) atoms. The first-order valence-electron chi connectivity index (χ1n) is 16.5. The molecule has 0 aromatic heterocycles. The first-order valence-corrected chi connectivity index (χ1v) is 16.5. The zero-order valence-electron chi connectivity index (χ0n) is 25.9. The zero-order chi connectivity index (χ0) is 26.7. The molecule has 2 atom stereocenters. The maximum absolute atomic E-state index is 6.43. The van der Waals surface area contributed by atoms with Crippen LogP contribution in [0, 0.1) is 11.8 Å². The third kappa shape index (κ3) is 22.8. The Morgan fingerprint density at radius 3 is 1.33 bits per heavy atom. The van der Waals surface area contributed by atoms with Crippen LogP contribution in [-0.4, -0.2) is 19.5 Å². The molecule has 0 amide bonds. The second-order valence-corrected chi connectivity index (χ2v) is 11.6. The first kappa shape index (κ1) is 35.7. The van der Waals surface area contributed by atoms with Gasteiger partial charge in [0.1, 0.15) is 0 Å². The van der Waals surface area contributed by atoms with E-state index in [2.05, 4.69) is 47.6 Å². The highest BCUT2D eigenvalue weighted by Gasteiger charge is 2.18. The Balaban J connectivity index is 4.74. The van der Waals surface area contributed by atoms with E-state index >= 15 is 0 Å². The Bertz CT molecular complexity index is 444. The maximum atomic E-state index is 6.43. The molecule has 2 unspecified atom stereocenters. The molecule has 2 nitrogen and oxygen atoms in total. The van der Waals surface area contributed by atoms with Crippen molar-refractivity contribution in [3.8, 4) is 0 Å². The molecule has 0 spiro atoms. The van der Waals surface area contributed by atoms with E-state index in [-0.39, 0.29) is 6.29 Å². The molecule has 2 heteroatoms. The van der Waals surface area contributed by atoms with Gasteiger partial charge >= 0.3 is 0 Å². The van der Waals surface area contributed by atoms with E-state index in [1.807, 2.05) is 0 Å². The minimum absolute atomic E-state index is 0.142. The fourth-order valence-corrected chi connectivity index (χ4v) is 4.52. The van der Waals surface area contributed by atoms with Crippen LogP contribution in [0.4, 0.5) is 0 Å². The Labute approximate surface area is 228 Å². The number of allylic oxidation sites excluding steroid dienone is 1. The molecule has 216 valence electrons. The summed E-state index contributed by atoms with van der Waals surface area (Å²) in [5.74, 6) is 1.17. The smallest absolute Gasteiger partial charge is 0.179 e. The molecule has 0 aliphatic heterocycles. The highest BCUT2D eigenvalue weighted by Crippen LogP contribution is 2.22. The molecule has 0 aromatic rings. The normalized spacial score (nSPS) is 14.8. The molecule has 0 aliphatic carbocycles. The Morgan fingerprint density at radius 1 is 0.528 bits per heavy atom. The van der Waals surface area contributed by atoms with Gasteiger partial charge in [0.05, 0.1) is 13.2 Å². The molecule has 0 aliphatic rings. The number of hydrogen-bond acceptors (Lipinski definition) is 2. The minimum Gasteiger partial charge on any atom is -0.348 e. The van der Waals surface area contributed by atoms with Gasteiger partial charge in [-0.2, -0.15) is 0 Å². The van der Waals surface area contributed by atoms with Crippen molar-refractivity contribution in [3.63, 3.8) is 0 Å². The molecule has 0 bridgehead atoms. The summed E-state index contributed by atoms with van der Waals surface area (Å²) < 4.78 is 12.9. The second kappa shape index (κ2) is 27.7. The van der Waals surface area contributed by atoms with Crippen molar-refractivity contribution >= 4 is 0 Å². The van der Waals surface area contributed by atoms with Crippen molar-refractivity contribution in [3.05, 3.63) is 11.6 Å². The quantitative estimate of drug-likeness (QED) is 0.0594. The molecule has 0 saturated heterocycles. The van der Waals surface area contributed by atoms with Crippen LogP contribution >= 0.6 is 0 Å². The van der Waals surface area contributed by atoms with Gasteiger partial charge in [-0.15, -0.1) is 0 Å². The van der Waals surface area contributed by atoms with Gasteiger partial charge in [-0.25, -0.2) is 0 Å². The lowest BCUT2D eigenvalue weighted by Gasteiger charge is -2.25. The van der Waals surface area contributed by atoms with Crippen molar-refractivity contribution in [2.45, 2.75) is 183 Å². The molecular weight excluding hydrogens is 440 g/mol. The maximum Gasteiger partial charge on any atom is 0.179 e. The minimum atomic E-state index is -0.142. The van der Waals surface area contributed by atoms with Crippen LogP contribution in [0.5, 0.6) is 0 Å². The predicted octanol–water partition coefficient (Wildman–Crippen LogP) is 11.8. The average molecular weight is 509 g/mol. The van der Waals surface area contributed by atoms with Crippen molar-refractivity contribution in [2.75, 3.05) is 13.2 Å². The summed E-state index contributed by atoms with van der Waals surface area (Å²) in [4.78, 5) is 0. The van der Waals surface area contributed by atoms with Gasteiger partial charge in [0.2, 0.25) is 0 Å². The predicted molar refractivity (Wildman–Crippen MR) is 162 cm³/mol. The van der Waals surface area contributed by atoms with Crippen LogP contribution in [-0.2, 0) is 9.47 Å². The number of rotatable bonds is 28. The summed E-state index contributed by atoms with van der Waals surface area (Å²) in [5, 5.41) is 0. The summed E-state index contributed by atoms with van der Waals surface area (Å²) >= 11 is 0. The Hall–Kier alpha value is -0.340. The van der Waals surface area contributed by atoms with Crippen LogP contribution in [0.25, 0.3) is 0 Å². The van der Waals surface area contributed by atoms with Gasteiger partial charge in [0.15, 0.2) is 6.29 Å². The highest BCUT2D eigenvalue weighted by molar-refractivity contribution is 5.06. The van der Waals surface area contributed by atoms with Crippen molar-refractivity contribution in [1.82, 2.24) is 0 Å². The zero-order valence-corrected chi connectivity index (χ0v) is 25.9. The fraction of sp³-hybridized carbons (Fsp3) is 0.941. The molecule has 0 heterocycles. The van der Waals surface area contributed by atoms with Crippen LogP contribution in [0.15, 0.2) is 11.6 Å². The fourth-order valence-electron chi connectivity index (χ4n) is 4.52. The summed E-state index contributed by atoms with van der Waals surface area (Å²) in [6.07, 6.45) is 30.4. The van der Waals surface area contributed by atoms with Gasteiger partial charge in [0.25, 0.3) is 0 Å². The lowest BCUT2D eigenvalue weighted by Crippen LogP contribution is -2.25. The van der Waals surface area contributed by atoms with Crippen LogP contribution in [0.1, 0.15) is 176 Å². The van der Waals surface area contributed by atoms with Crippen molar-refractivity contribution < 1.29 is 9.47 Å². The van der Waals surface area contributed by atoms with E-state index in [1.54, 1.807) is 0 Å². The summed E-state index contributed by atoms with van der Waals surface area (Å²) in [6.45, 7) is 15.3. The third-order valence-corrected chi connectivity index (χ3v) is 7.79. The van der Waals surface area contributed by atoms with Gasteiger partial charge in [-0.1, -0.05) is 157 Å². The SMILES string of the molecule is CCCCCCCCCCC/C=C(\CCCCCCCCCC)C(OCC(C)CC)OCC(C)CC. The Morgan fingerprint density at radius 2 is 0.917 bits per heavy atom. The lowest BCUT2D eigenvalue weighted by atomic mass is 10.0. The third-order valence-electron chi connectivity index (χ3n) is 7.79. The first-order chi connectivity index (χ1) is 17.6. The lowest BCUT2D eigenvalue weighted by molar-refractivity contribution is -0.134. The Kier molecular flexibility index (Phi) is 27.4. The molecule has 0 fully saturated rings. The van der Waals surface area contributed by atoms with Gasteiger partial charge in [-0.3, -0.25) is 0 Å². The van der Waals surface area contributed by atoms with E-state index in [0.29, 0.717) is 11.8 Å². The van der Waals surface area contributed by atoms with E-state index in [4.69, 9.17) is 9.47 Å².